The molecule has 0 bridgehead atoms. The van der Waals surface area contributed by atoms with Gasteiger partial charge in [0.05, 0.1) is 0 Å². The first-order chi connectivity index (χ1) is 4.20. The normalized spacial score (nSPS) is 11.3. The van der Waals surface area contributed by atoms with Gasteiger partial charge in [-0.15, -0.1) is 0 Å². The standard InChI is InChI=1S/C7H17NO/c1-4-7(5-2)6-8(3)9/h7,9H,4-6H2,1-3H3. The minimum absolute atomic E-state index is 0.653. The molecular weight excluding hydrogens is 114 g/mol. The number of nitrogens with zero attached hydrogens (tertiary/aromatic N) is 1. The maximum absolute atomic E-state index is 8.82. The molecule has 0 aromatic carbocycles. The van der Waals surface area contributed by atoms with Gasteiger partial charge in [-0.1, -0.05) is 26.7 Å². The van der Waals surface area contributed by atoms with E-state index in [1.807, 2.05) is 0 Å². The van der Waals surface area contributed by atoms with E-state index >= 15 is 0 Å². The Balaban J connectivity index is 3.31. The molecule has 0 atom stereocenters. The zero-order valence-electron chi connectivity index (χ0n) is 6.59. The summed E-state index contributed by atoms with van der Waals surface area (Å²) in [6.07, 6.45) is 2.31. The zero-order chi connectivity index (χ0) is 7.28. The first kappa shape index (κ1) is 8.92. The lowest BCUT2D eigenvalue weighted by Crippen LogP contribution is -2.21. The van der Waals surface area contributed by atoms with Crippen molar-refractivity contribution in [1.82, 2.24) is 5.06 Å². The predicted molar refractivity (Wildman–Crippen MR) is 38.5 cm³/mol. The molecule has 0 aliphatic rings. The second-order valence-electron chi connectivity index (χ2n) is 2.52. The minimum atomic E-state index is 0.653. The van der Waals surface area contributed by atoms with Crippen molar-refractivity contribution in [2.45, 2.75) is 26.7 Å². The molecule has 1 N–H and O–H groups in total. The molecule has 0 radical (unpaired) electrons. The molecule has 56 valence electrons. The number of hydrogen-bond donors (Lipinski definition) is 1. The molecule has 0 unspecified atom stereocenters. The molecule has 0 spiro atoms. The van der Waals surface area contributed by atoms with Gasteiger partial charge in [-0.05, 0) is 5.92 Å². The third-order valence-corrected chi connectivity index (χ3v) is 1.68. The molecule has 0 rings (SSSR count). The summed E-state index contributed by atoms with van der Waals surface area (Å²) < 4.78 is 0. The van der Waals surface area contributed by atoms with E-state index in [0.717, 1.165) is 19.4 Å². The van der Waals surface area contributed by atoms with Crippen molar-refractivity contribution in [1.29, 1.82) is 0 Å². The van der Waals surface area contributed by atoms with Crippen LogP contribution in [0.5, 0.6) is 0 Å². The summed E-state index contributed by atoms with van der Waals surface area (Å²) >= 11 is 0. The highest BCUT2D eigenvalue weighted by Crippen LogP contribution is 2.06. The molecule has 9 heavy (non-hydrogen) atoms. The van der Waals surface area contributed by atoms with E-state index in [1.54, 1.807) is 7.05 Å². The Morgan fingerprint density at radius 2 is 1.78 bits per heavy atom. The summed E-state index contributed by atoms with van der Waals surface area (Å²) in [5, 5.41) is 10.1. The summed E-state index contributed by atoms with van der Waals surface area (Å²) in [4.78, 5) is 0. The van der Waals surface area contributed by atoms with Gasteiger partial charge in [0.15, 0.2) is 0 Å². The predicted octanol–water partition coefficient (Wildman–Crippen LogP) is 1.74. The van der Waals surface area contributed by atoms with Crippen LogP contribution >= 0.6 is 0 Å². The number of rotatable bonds is 4. The third-order valence-electron chi connectivity index (χ3n) is 1.68. The highest BCUT2D eigenvalue weighted by molar-refractivity contribution is 4.54. The van der Waals surface area contributed by atoms with Crippen LogP contribution in [-0.2, 0) is 0 Å². The molecule has 0 aliphatic heterocycles. The van der Waals surface area contributed by atoms with Gasteiger partial charge in [-0.25, -0.2) is 0 Å². The van der Waals surface area contributed by atoms with Crippen LogP contribution in [0.1, 0.15) is 26.7 Å². The van der Waals surface area contributed by atoms with Crippen molar-refractivity contribution in [3.05, 3.63) is 0 Å². The molecule has 0 fully saturated rings. The van der Waals surface area contributed by atoms with Gasteiger partial charge in [-0.2, -0.15) is 5.06 Å². The maximum Gasteiger partial charge on any atom is 0.0263 e. The molecular formula is C7H17NO. The lowest BCUT2D eigenvalue weighted by atomic mass is 10.0. The lowest BCUT2D eigenvalue weighted by Gasteiger charge is -2.15. The van der Waals surface area contributed by atoms with E-state index in [4.69, 9.17) is 5.21 Å². The molecule has 0 saturated heterocycles. The van der Waals surface area contributed by atoms with Gasteiger partial charge < -0.3 is 5.21 Å². The van der Waals surface area contributed by atoms with Crippen LogP contribution in [0, 0.1) is 5.92 Å². The second kappa shape index (κ2) is 4.77. The van der Waals surface area contributed by atoms with E-state index in [2.05, 4.69) is 13.8 Å². The fraction of sp³-hybridized carbons (Fsp3) is 1.00. The summed E-state index contributed by atoms with van der Waals surface area (Å²) in [5.74, 6) is 0.653. The average Bonchev–Trinajstić information content (AvgIpc) is 1.82. The largest absolute Gasteiger partial charge is 0.314 e. The summed E-state index contributed by atoms with van der Waals surface area (Å²) in [6.45, 7) is 5.10. The Labute approximate surface area is 57.4 Å². The van der Waals surface area contributed by atoms with Crippen molar-refractivity contribution < 1.29 is 5.21 Å². The fourth-order valence-corrected chi connectivity index (χ4v) is 0.921. The molecule has 0 aliphatic carbocycles. The van der Waals surface area contributed by atoms with Gasteiger partial charge in [0.2, 0.25) is 0 Å². The third kappa shape index (κ3) is 4.43. The summed E-state index contributed by atoms with van der Waals surface area (Å²) in [7, 11) is 1.69. The van der Waals surface area contributed by atoms with E-state index in [0.29, 0.717) is 5.92 Å². The van der Waals surface area contributed by atoms with Crippen molar-refractivity contribution in [2.24, 2.45) is 5.92 Å². The van der Waals surface area contributed by atoms with Crippen LogP contribution in [0.2, 0.25) is 0 Å². The average molecular weight is 131 g/mol. The highest BCUT2D eigenvalue weighted by Gasteiger charge is 2.03. The summed E-state index contributed by atoms with van der Waals surface area (Å²) in [5.41, 5.74) is 0. The van der Waals surface area contributed by atoms with Crippen LogP contribution in [-0.4, -0.2) is 23.9 Å². The smallest absolute Gasteiger partial charge is 0.0263 e. The lowest BCUT2D eigenvalue weighted by molar-refractivity contribution is -0.0766. The van der Waals surface area contributed by atoms with Gasteiger partial charge in [0.25, 0.3) is 0 Å². The molecule has 2 heteroatoms. The maximum atomic E-state index is 8.82. The van der Waals surface area contributed by atoms with E-state index < -0.39 is 0 Å². The molecule has 0 aromatic rings. The van der Waals surface area contributed by atoms with Gasteiger partial charge >= 0.3 is 0 Å². The van der Waals surface area contributed by atoms with Crippen molar-refractivity contribution in [2.75, 3.05) is 13.6 Å². The molecule has 0 amide bonds. The highest BCUT2D eigenvalue weighted by atomic mass is 16.5. The first-order valence-corrected chi connectivity index (χ1v) is 3.60. The van der Waals surface area contributed by atoms with E-state index in [9.17, 15) is 0 Å². The Morgan fingerprint density at radius 3 is 1.89 bits per heavy atom. The van der Waals surface area contributed by atoms with E-state index in [1.165, 1.54) is 5.06 Å². The quantitative estimate of drug-likeness (QED) is 0.587. The molecule has 0 aromatic heterocycles. The Hall–Kier alpha value is -0.0800. The van der Waals surface area contributed by atoms with Crippen LogP contribution in [0.25, 0.3) is 0 Å². The Morgan fingerprint density at radius 1 is 1.33 bits per heavy atom. The van der Waals surface area contributed by atoms with Crippen molar-refractivity contribution in [3.8, 4) is 0 Å². The van der Waals surface area contributed by atoms with Gasteiger partial charge in [-0.3, -0.25) is 0 Å². The topological polar surface area (TPSA) is 23.5 Å². The molecule has 2 nitrogen and oxygen atoms in total. The Kier molecular flexibility index (Phi) is 4.72. The zero-order valence-corrected chi connectivity index (χ0v) is 6.59. The van der Waals surface area contributed by atoms with Crippen molar-refractivity contribution >= 4 is 0 Å². The molecule has 0 saturated carbocycles. The second-order valence-corrected chi connectivity index (χ2v) is 2.52. The van der Waals surface area contributed by atoms with Crippen LogP contribution in [0.15, 0.2) is 0 Å². The first-order valence-electron chi connectivity index (χ1n) is 3.60. The van der Waals surface area contributed by atoms with Crippen molar-refractivity contribution in [3.63, 3.8) is 0 Å². The molecule has 0 heterocycles. The van der Waals surface area contributed by atoms with Gasteiger partial charge in [0.1, 0.15) is 0 Å². The SMILES string of the molecule is CCC(CC)CN(C)O. The number of hydrogen-bond acceptors (Lipinski definition) is 2. The van der Waals surface area contributed by atoms with Crippen LogP contribution in [0.4, 0.5) is 0 Å². The van der Waals surface area contributed by atoms with E-state index in [-0.39, 0.29) is 0 Å². The summed E-state index contributed by atoms with van der Waals surface area (Å²) in [6, 6.07) is 0. The Bertz CT molecular complexity index is 59.9. The minimum Gasteiger partial charge on any atom is -0.314 e. The van der Waals surface area contributed by atoms with Crippen LogP contribution in [0.3, 0.4) is 0 Å². The van der Waals surface area contributed by atoms with Crippen LogP contribution < -0.4 is 0 Å². The monoisotopic (exact) mass is 131 g/mol. The number of hydroxylamine groups is 2. The van der Waals surface area contributed by atoms with Gasteiger partial charge in [0, 0.05) is 13.6 Å². The fourth-order valence-electron chi connectivity index (χ4n) is 0.921.